The highest BCUT2D eigenvalue weighted by Gasteiger charge is 2.06. The minimum absolute atomic E-state index is 0.693. The van der Waals surface area contributed by atoms with Gasteiger partial charge in [-0.25, -0.2) is 4.98 Å². The molecule has 0 fully saturated rings. The van der Waals surface area contributed by atoms with Gasteiger partial charge in [0.15, 0.2) is 0 Å². The van der Waals surface area contributed by atoms with Crippen molar-refractivity contribution in [3.05, 3.63) is 51.6 Å². The molecule has 2 aromatic rings. The van der Waals surface area contributed by atoms with E-state index in [9.17, 15) is 0 Å². The number of benzene rings is 1. The molecule has 1 aromatic heterocycles. The van der Waals surface area contributed by atoms with Crippen LogP contribution in [0, 0.1) is 13.8 Å². The molecule has 0 aliphatic carbocycles. The summed E-state index contributed by atoms with van der Waals surface area (Å²) in [4.78, 5) is 4.29. The molecule has 0 atom stereocenters. The highest BCUT2D eigenvalue weighted by atomic mass is 79.9. The normalized spacial score (nSPS) is 10.3. The molecule has 100 valence electrons. The molecule has 0 aliphatic rings. The van der Waals surface area contributed by atoms with E-state index in [1.807, 2.05) is 12.1 Å². The third-order valence-electron chi connectivity index (χ3n) is 3.08. The van der Waals surface area contributed by atoms with Crippen molar-refractivity contribution in [1.29, 1.82) is 0 Å². The lowest BCUT2D eigenvalue weighted by atomic mass is 10.0. The molecule has 1 N–H and O–H groups in total. The van der Waals surface area contributed by atoms with Crippen LogP contribution in [-0.2, 0) is 6.54 Å². The number of nitrogens with one attached hydrogen (secondary N) is 1. The number of nitrogens with zero attached hydrogens (tertiary/aromatic N) is 1. The van der Waals surface area contributed by atoms with E-state index in [1.165, 1.54) is 11.1 Å². The predicted octanol–water partition coefficient (Wildman–Crippen LogP) is 4.08. The first-order valence-electron chi connectivity index (χ1n) is 6.09. The largest absolute Gasteiger partial charge is 0.496 e. The molecule has 0 saturated heterocycles. The molecule has 1 heterocycles. The Balaban J connectivity index is 2.14. The standard InChI is InChI=1S/C15H17BrN2O/c1-10-6-12(14(19-3)7-11(10)2)8-17-15-5-4-13(16)9-18-15/h4-7,9H,8H2,1-3H3,(H,17,18). The maximum Gasteiger partial charge on any atom is 0.126 e. The summed E-state index contributed by atoms with van der Waals surface area (Å²) < 4.78 is 6.39. The number of hydrogen-bond acceptors (Lipinski definition) is 3. The maximum atomic E-state index is 5.42. The second kappa shape index (κ2) is 6.06. The molecule has 0 radical (unpaired) electrons. The molecule has 3 nitrogen and oxygen atoms in total. The topological polar surface area (TPSA) is 34.1 Å². The Hall–Kier alpha value is -1.55. The molecule has 0 bridgehead atoms. The minimum Gasteiger partial charge on any atom is -0.496 e. The van der Waals surface area contributed by atoms with E-state index in [2.05, 4.69) is 52.2 Å². The lowest BCUT2D eigenvalue weighted by Gasteiger charge is -2.13. The number of methoxy groups -OCH3 is 1. The van der Waals surface area contributed by atoms with Crippen molar-refractivity contribution in [3.63, 3.8) is 0 Å². The molecule has 4 heteroatoms. The molecular weight excluding hydrogens is 304 g/mol. The number of rotatable bonds is 4. The van der Waals surface area contributed by atoms with Crippen LogP contribution < -0.4 is 10.1 Å². The molecule has 2 rings (SSSR count). The van der Waals surface area contributed by atoms with Crippen molar-refractivity contribution in [2.24, 2.45) is 0 Å². The highest BCUT2D eigenvalue weighted by molar-refractivity contribution is 9.10. The zero-order chi connectivity index (χ0) is 13.8. The minimum atomic E-state index is 0.693. The second-order valence-corrected chi connectivity index (χ2v) is 5.38. The number of halogens is 1. The predicted molar refractivity (Wildman–Crippen MR) is 81.7 cm³/mol. The van der Waals surface area contributed by atoms with Gasteiger partial charge in [-0.3, -0.25) is 0 Å². The lowest BCUT2D eigenvalue weighted by molar-refractivity contribution is 0.410. The van der Waals surface area contributed by atoms with E-state index in [4.69, 9.17) is 4.74 Å². The fraction of sp³-hybridized carbons (Fsp3) is 0.267. The number of aromatic nitrogens is 1. The zero-order valence-corrected chi connectivity index (χ0v) is 12.9. The van der Waals surface area contributed by atoms with Crippen LogP contribution >= 0.6 is 15.9 Å². The molecule has 1 aromatic carbocycles. The third kappa shape index (κ3) is 3.47. The second-order valence-electron chi connectivity index (χ2n) is 4.46. The van der Waals surface area contributed by atoms with E-state index in [0.29, 0.717) is 6.54 Å². The summed E-state index contributed by atoms with van der Waals surface area (Å²) in [6, 6.07) is 8.13. The van der Waals surface area contributed by atoms with Crippen LogP contribution in [0.2, 0.25) is 0 Å². The number of aryl methyl sites for hydroxylation is 2. The Morgan fingerprint density at radius 2 is 1.95 bits per heavy atom. The summed E-state index contributed by atoms with van der Waals surface area (Å²) in [5.74, 6) is 1.76. The Bertz CT molecular complexity index is 567. The van der Waals surface area contributed by atoms with Crippen LogP contribution in [0.4, 0.5) is 5.82 Å². The summed E-state index contributed by atoms with van der Waals surface area (Å²) in [5, 5.41) is 3.30. The first-order chi connectivity index (χ1) is 9.10. The van der Waals surface area contributed by atoms with Crippen LogP contribution in [0.15, 0.2) is 34.9 Å². The van der Waals surface area contributed by atoms with Crippen molar-refractivity contribution >= 4 is 21.7 Å². The van der Waals surface area contributed by atoms with E-state index in [1.54, 1.807) is 13.3 Å². The van der Waals surface area contributed by atoms with Gasteiger partial charge in [0, 0.05) is 22.8 Å². The average molecular weight is 321 g/mol. The monoisotopic (exact) mass is 320 g/mol. The molecule has 0 amide bonds. The van der Waals surface area contributed by atoms with E-state index in [0.717, 1.165) is 21.6 Å². The third-order valence-corrected chi connectivity index (χ3v) is 3.55. The van der Waals surface area contributed by atoms with Gasteiger partial charge in [0.25, 0.3) is 0 Å². The van der Waals surface area contributed by atoms with Crippen LogP contribution in [0.5, 0.6) is 5.75 Å². The summed E-state index contributed by atoms with van der Waals surface area (Å²) in [7, 11) is 1.70. The van der Waals surface area contributed by atoms with Gasteiger partial charge in [0.05, 0.1) is 7.11 Å². The van der Waals surface area contributed by atoms with Crippen LogP contribution in [0.3, 0.4) is 0 Å². The Labute approximate surface area is 122 Å². The maximum absolute atomic E-state index is 5.42. The van der Waals surface area contributed by atoms with E-state index < -0.39 is 0 Å². The lowest BCUT2D eigenvalue weighted by Crippen LogP contribution is -2.04. The molecule has 0 spiro atoms. The Morgan fingerprint density at radius 3 is 2.58 bits per heavy atom. The molecule has 0 saturated carbocycles. The first-order valence-corrected chi connectivity index (χ1v) is 6.89. The van der Waals surface area contributed by atoms with Gasteiger partial charge in [-0.1, -0.05) is 6.07 Å². The number of anilines is 1. The van der Waals surface area contributed by atoms with Gasteiger partial charge < -0.3 is 10.1 Å². The van der Waals surface area contributed by atoms with Crippen molar-refractivity contribution in [1.82, 2.24) is 4.98 Å². The molecule has 0 aliphatic heterocycles. The van der Waals surface area contributed by atoms with Gasteiger partial charge in [-0.2, -0.15) is 0 Å². The summed E-state index contributed by atoms with van der Waals surface area (Å²) in [6.45, 7) is 4.89. The van der Waals surface area contributed by atoms with E-state index in [-0.39, 0.29) is 0 Å². The summed E-state index contributed by atoms with van der Waals surface area (Å²) in [5.41, 5.74) is 3.64. The van der Waals surface area contributed by atoms with Crippen molar-refractivity contribution < 1.29 is 4.74 Å². The fourth-order valence-electron chi connectivity index (χ4n) is 1.84. The van der Waals surface area contributed by atoms with Crippen molar-refractivity contribution in [3.8, 4) is 5.75 Å². The first kappa shape index (κ1) is 13.9. The van der Waals surface area contributed by atoms with Gasteiger partial charge >= 0.3 is 0 Å². The Kier molecular flexibility index (Phi) is 4.43. The van der Waals surface area contributed by atoms with E-state index >= 15 is 0 Å². The van der Waals surface area contributed by atoms with Crippen molar-refractivity contribution in [2.75, 3.05) is 12.4 Å². The van der Waals surface area contributed by atoms with Crippen LogP contribution in [0.1, 0.15) is 16.7 Å². The Morgan fingerprint density at radius 1 is 1.21 bits per heavy atom. The van der Waals surface area contributed by atoms with Gasteiger partial charge in [0.2, 0.25) is 0 Å². The van der Waals surface area contributed by atoms with Gasteiger partial charge in [0.1, 0.15) is 11.6 Å². The fourth-order valence-corrected chi connectivity index (χ4v) is 2.08. The average Bonchev–Trinajstić information content (AvgIpc) is 2.41. The number of hydrogen-bond donors (Lipinski definition) is 1. The molecular formula is C15H17BrN2O. The quantitative estimate of drug-likeness (QED) is 0.921. The zero-order valence-electron chi connectivity index (χ0n) is 11.3. The summed E-state index contributed by atoms with van der Waals surface area (Å²) in [6.07, 6.45) is 1.78. The van der Waals surface area contributed by atoms with Gasteiger partial charge in [-0.05, 0) is 59.1 Å². The number of ether oxygens (including phenoxy) is 1. The summed E-state index contributed by atoms with van der Waals surface area (Å²) >= 11 is 3.37. The smallest absolute Gasteiger partial charge is 0.126 e. The van der Waals surface area contributed by atoms with Crippen LogP contribution in [0.25, 0.3) is 0 Å². The van der Waals surface area contributed by atoms with Gasteiger partial charge in [-0.15, -0.1) is 0 Å². The van der Waals surface area contributed by atoms with Crippen LogP contribution in [-0.4, -0.2) is 12.1 Å². The van der Waals surface area contributed by atoms with Crippen molar-refractivity contribution in [2.45, 2.75) is 20.4 Å². The highest BCUT2D eigenvalue weighted by Crippen LogP contribution is 2.24. The molecule has 19 heavy (non-hydrogen) atoms. The number of pyridine rings is 1. The molecule has 0 unspecified atom stereocenters. The SMILES string of the molecule is COc1cc(C)c(C)cc1CNc1ccc(Br)cn1.